The van der Waals surface area contributed by atoms with Crippen LogP contribution in [0.2, 0.25) is 10.0 Å². The van der Waals surface area contributed by atoms with Gasteiger partial charge in [-0.2, -0.15) is 11.8 Å². The quantitative estimate of drug-likeness (QED) is 0.0181. The summed E-state index contributed by atoms with van der Waals surface area (Å²) in [6.45, 7) is 11.9. The van der Waals surface area contributed by atoms with Crippen LogP contribution in [0.3, 0.4) is 0 Å². The first-order chi connectivity index (χ1) is 41.5. The fraction of sp³-hybridized carbons (Fsp3) is 0.661. The van der Waals surface area contributed by atoms with E-state index in [2.05, 4.69) is 42.2 Å². The van der Waals surface area contributed by atoms with E-state index in [0.29, 0.717) is 201 Å². The third-order valence-electron chi connectivity index (χ3n) is 14.4. The van der Waals surface area contributed by atoms with Crippen LogP contribution in [0.25, 0.3) is 21.8 Å². The molecule has 0 spiro atoms. The van der Waals surface area contributed by atoms with Crippen LogP contribution >= 0.6 is 35.0 Å². The van der Waals surface area contributed by atoms with Gasteiger partial charge in [-0.25, -0.2) is 9.78 Å². The van der Waals surface area contributed by atoms with Gasteiger partial charge in [0.05, 0.1) is 150 Å². The number of aromatic amines is 1. The fourth-order valence-corrected chi connectivity index (χ4v) is 11.8. The Labute approximate surface area is 513 Å². The van der Waals surface area contributed by atoms with Crippen LogP contribution in [0.1, 0.15) is 88.3 Å². The molecule has 2 aromatic carbocycles. The predicted molar refractivity (Wildman–Crippen MR) is 332 cm³/mol. The minimum atomic E-state index is -0.194. The molecular weight excluding hydrogens is 1160 g/mol. The molecule has 0 radical (unpaired) electrons. The van der Waals surface area contributed by atoms with E-state index >= 15 is 0 Å². The van der Waals surface area contributed by atoms with Crippen LogP contribution in [0, 0.1) is 6.92 Å². The largest absolute Gasteiger partial charge is 0.378 e. The highest BCUT2D eigenvalue weighted by Crippen LogP contribution is 2.35. The van der Waals surface area contributed by atoms with Crippen LogP contribution in [0.4, 0.5) is 16.4 Å². The summed E-state index contributed by atoms with van der Waals surface area (Å²) in [6, 6.07) is 9.49. The molecule has 2 aliphatic rings. The maximum atomic E-state index is 13.5. The Bertz CT molecular complexity index is 2690. The summed E-state index contributed by atoms with van der Waals surface area (Å²) in [5.41, 5.74) is 3.51. The van der Waals surface area contributed by atoms with Crippen molar-refractivity contribution in [3.63, 3.8) is 0 Å². The molecule has 4 heterocycles. The lowest BCUT2D eigenvalue weighted by molar-refractivity contribution is -0.122. The number of rotatable bonds is 48. The van der Waals surface area contributed by atoms with Gasteiger partial charge in [0.15, 0.2) is 0 Å². The topological polar surface area (TPSA) is 277 Å². The lowest BCUT2D eigenvalue weighted by atomic mass is 10.0. The zero-order valence-corrected chi connectivity index (χ0v) is 51.9. The molecule has 4 aromatic rings. The Morgan fingerprint density at radius 1 is 0.624 bits per heavy atom. The first-order valence-corrected chi connectivity index (χ1v) is 31.8. The molecule has 3 atom stereocenters. The molecule has 0 unspecified atom stereocenters. The number of aryl methyl sites for hydroxylation is 2. The number of pyridine rings is 1. The molecule has 8 N–H and O–H groups in total. The summed E-state index contributed by atoms with van der Waals surface area (Å²) < 4.78 is 46.4. The van der Waals surface area contributed by atoms with E-state index < -0.39 is 0 Å². The third kappa shape index (κ3) is 25.4. The number of amides is 5. The van der Waals surface area contributed by atoms with Gasteiger partial charge in [-0.05, 0) is 74.6 Å². The second kappa shape index (κ2) is 40.6. The minimum Gasteiger partial charge on any atom is -0.378 e. The number of aromatic nitrogens is 3. The van der Waals surface area contributed by atoms with Crippen LogP contribution in [-0.2, 0) is 65.9 Å². The van der Waals surface area contributed by atoms with E-state index in [1.807, 2.05) is 42.4 Å². The van der Waals surface area contributed by atoms with E-state index in [0.717, 1.165) is 80.2 Å². The molecule has 2 saturated heterocycles. The van der Waals surface area contributed by atoms with E-state index in [1.54, 1.807) is 18.2 Å². The molecule has 474 valence electrons. The van der Waals surface area contributed by atoms with Gasteiger partial charge in [0, 0.05) is 75.7 Å². The molecule has 0 aliphatic carbocycles. The first kappa shape index (κ1) is 69.3. The van der Waals surface area contributed by atoms with Crippen molar-refractivity contribution in [3.8, 4) is 0 Å². The molecule has 26 heteroatoms. The number of para-hydroxylation sites is 1. The normalized spacial score (nSPS) is 15.6. The Morgan fingerprint density at radius 3 is 1.66 bits per heavy atom. The molecule has 6 rings (SSSR count). The first-order valence-electron chi connectivity index (χ1n) is 30.0. The number of anilines is 2. The number of carbonyl (C=O) groups is 4. The van der Waals surface area contributed by atoms with Gasteiger partial charge >= 0.3 is 6.03 Å². The van der Waals surface area contributed by atoms with E-state index in [9.17, 15) is 24.0 Å². The Morgan fingerprint density at radius 2 is 1.12 bits per heavy atom. The number of ether oxygens (including phenoxy) is 8. The van der Waals surface area contributed by atoms with Crippen LogP contribution in [0.15, 0.2) is 35.1 Å². The number of nitrogens with one attached hydrogen (secondary N) is 8. The lowest BCUT2D eigenvalue weighted by Crippen LogP contribution is -2.36. The summed E-state index contributed by atoms with van der Waals surface area (Å²) in [5, 5.41) is 24.1. The van der Waals surface area contributed by atoms with Gasteiger partial charge in [0.1, 0.15) is 0 Å². The Balaban J connectivity index is 0.606. The van der Waals surface area contributed by atoms with E-state index in [4.69, 9.17) is 66.1 Å². The number of fused-ring (bicyclic) bond motifs is 4. The lowest BCUT2D eigenvalue weighted by Gasteiger charge is -2.16. The third-order valence-corrected chi connectivity index (χ3v) is 16.5. The molecule has 2 fully saturated rings. The van der Waals surface area contributed by atoms with Crippen LogP contribution in [-0.4, -0.2) is 193 Å². The minimum absolute atomic E-state index is 0.0112. The monoisotopic (exact) mass is 1250 g/mol. The average molecular weight is 1250 g/mol. The number of halogens is 2. The number of hydrogen-bond acceptors (Lipinski definition) is 17. The number of urea groups is 1. The number of imidazole rings is 1. The highest BCUT2D eigenvalue weighted by molar-refractivity contribution is 8.00. The SMILES string of the molecule is Cc1c(CNCCOCCOCCOCCOCCOCCOCCOCCOCCNC(=O)CCCCCNC(=O)CCCCCNC(=O)CCCC[C@@H]2SC[C@@H]3NC(=O)N[C@@H]32)[nH]c(=O)c2c1ccc1nc(Nc3c(Cl)cccc3Cl)n(C)c12. The van der Waals surface area contributed by atoms with Gasteiger partial charge in [-0.1, -0.05) is 54.6 Å². The van der Waals surface area contributed by atoms with Crippen molar-refractivity contribution < 1.29 is 57.1 Å². The Hall–Kier alpha value is -4.83. The molecular formula is C59H90Cl2N10O13S. The second-order valence-electron chi connectivity index (χ2n) is 20.7. The number of hydrogen-bond donors (Lipinski definition) is 8. The number of benzene rings is 2. The maximum absolute atomic E-state index is 13.5. The molecule has 23 nitrogen and oxygen atoms in total. The maximum Gasteiger partial charge on any atom is 0.315 e. The highest BCUT2D eigenvalue weighted by atomic mass is 35.5. The zero-order chi connectivity index (χ0) is 60.3. The molecule has 2 aromatic heterocycles. The van der Waals surface area contributed by atoms with E-state index in [1.165, 1.54) is 0 Å². The van der Waals surface area contributed by atoms with Gasteiger partial charge in [0.2, 0.25) is 23.7 Å². The van der Waals surface area contributed by atoms with Gasteiger partial charge in [-0.3, -0.25) is 19.2 Å². The molecule has 0 bridgehead atoms. The molecule has 2 aliphatic heterocycles. The fourth-order valence-electron chi connectivity index (χ4n) is 9.75. The van der Waals surface area contributed by atoms with Gasteiger partial charge in [0.25, 0.3) is 5.56 Å². The summed E-state index contributed by atoms with van der Waals surface area (Å²) >= 11 is 14.7. The molecule has 5 amide bonds. The average Bonchev–Trinajstić information content (AvgIpc) is 2.14. The van der Waals surface area contributed by atoms with Crippen molar-refractivity contribution in [2.75, 3.05) is 143 Å². The van der Waals surface area contributed by atoms with Crippen molar-refractivity contribution in [1.29, 1.82) is 0 Å². The van der Waals surface area contributed by atoms with Crippen LogP contribution in [0.5, 0.6) is 0 Å². The summed E-state index contributed by atoms with van der Waals surface area (Å²) in [4.78, 5) is 69.3. The number of thioether (sulfide) groups is 1. The molecule has 85 heavy (non-hydrogen) atoms. The van der Waals surface area contributed by atoms with Gasteiger partial charge in [-0.15, -0.1) is 0 Å². The molecule has 0 saturated carbocycles. The zero-order valence-electron chi connectivity index (χ0n) is 49.5. The standard InChI is InChI=1S/C59H90Cl2N10O13S/c1-42-43-18-19-46-56(71(2)58(67-46)69-54-44(60)12-11-13-45(54)61)53(43)57(75)66-47(42)40-62-22-24-77-26-28-79-30-32-81-34-36-83-38-39-84-37-35-82-33-31-80-29-27-78-25-23-65-52(74)16-6-4-10-20-63-50(72)15-5-3-9-21-64-51(73)17-8-7-14-49-55-48(41-85-49)68-59(76)70-55/h11-13,18-19,48-49,55,62H,3-10,14-17,20-41H2,1-2H3,(H,63,72)(H,64,73)(H,65,74)(H,66,75)(H,67,69)(H2,68,70,76)/t48-,49-,55-/m0/s1. The van der Waals surface area contributed by atoms with E-state index in [-0.39, 0.29) is 41.4 Å². The van der Waals surface area contributed by atoms with Crippen molar-refractivity contribution >= 4 is 92.2 Å². The number of nitrogens with zero attached hydrogens (tertiary/aromatic N) is 2. The highest BCUT2D eigenvalue weighted by Gasteiger charge is 2.42. The Kier molecular flexibility index (Phi) is 33.1. The smallest absolute Gasteiger partial charge is 0.315 e. The summed E-state index contributed by atoms with van der Waals surface area (Å²) in [6.07, 6.45) is 9.19. The summed E-state index contributed by atoms with van der Waals surface area (Å²) in [5.74, 6) is 1.56. The van der Waals surface area contributed by atoms with Crippen molar-refractivity contribution in [3.05, 3.63) is 62.0 Å². The second-order valence-corrected chi connectivity index (χ2v) is 22.8. The number of carbonyl (C=O) groups excluding carboxylic acids is 4. The van der Waals surface area contributed by atoms with Crippen LogP contribution < -0.4 is 42.8 Å². The van der Waals surface area contributed by atoms with Crippen molar-refractivity contribution in [1.82, 2.24) is 46.4 Å². The van der Waals surface area contributed by atoms with Gasteiger partial charge < -0.3 is 84.7 Å². The summed E-state index contributed by atoms with van der Waals surface area (Å²) in [7, 11) is 1.85. The predicted octanol–water partition coefficient (Wildman–Crippen LogP) is 6.19. The van der Waals surface area contributed by atoms with Crippen molar-refractivity contribution in [2.45, 2.75) is 108 Å². The number of H-pyrrole nitrogens is 1. The van der Waals surface area contributed by atoms with Crippen molar-refractivity contribution in [2.24, 2.45) is 7.05 Å². The number of unbranched alkanes of at least 4 members (excludes halogenated alkanes) is 5.